The Morgan fingerprint density at radius 2 is 1.93 bits per heavy atom. The smallest absolute Gasteiger partial charge is 0.320 e. The first-order valence-electron chi connectivity index (χ1n) is 5.92. The van der Waals surface area contributed by atoms with Crippen LogP contribution in [0.2, 0.25) is 0 Å². The third kappa shape index (κ3) is 2.43. The number of carbonyl (C=O) groups excluding carboxylic acids is 1. The Balaban J connectivity index is 1.92. The van der Waals surface area contributed by atoms with Crippen molar-refractivity contribution < 1.29 is 9.53 Å². The van der Waals surface area contributed by atoms with Crippen molar-refractivity contribution in [2.24, 2.45) is 0 Å². The molecule has 0 aromatic carbocycles. The van der Waals surface area contributed by atoms with Crippen molar-refractivity contribution >= 4 is 6.03 Å². The predicted molar refractivity (Wildman–Crippen MR) is 57.8 cm³/mol. The van der Waals surface area contributed by atoms with Crippen LogP contribution < -0.4 is 0 Å². The minimum absolute atomic E-state index is 0.213. The van der Waals surface area contributed by atoms with Crippen molar-refractivity contribution in [3.63, 3.8) is 0 Å². The van der Waals surface area contributed by atoms with Gasteiger partial charge >= 0.3 is 6.03 Å². The summed E-state index contributed by atoms with van der Waals surface area (Å²) in [5, 5.41) is 0. The van der Waals surface area contributed by atoms with E-state index < -0.39 is 0 Å². The lowest BCUT2D eigenvalue weighted by atomic mass is 10.1. The Labute approximate surface area is 91.2 Å². The summed E-state index contributed by atoms with van der Waals surface area (Å²) in [7, 11) is 0. The second-order valence-electron chi connectivity index (χ2n) is 4.45. The average molecular weight is 212 g/mol. The van der Waals surface area contributed by atoms with E-state index in [-0.39, 0.29) is 12.1 Å². The lowest BCUT2D eigenvalue weighted by Gasteiger charge is -2.38. The maximum absolute atomic E-state index is 12.2. The average Bonchev–Trinajstić information content (AvgIpc) is 2.30. The first kappa shape index (κ1) is 10.7. The third-order valence-corrected chi connectivity index (χ3v) is 3.24. The highest BCUT2D eigenvalue weighted by molar-refractivity contribution is 5.75. The number of ether oxygens (including phenoxy) is 1. The van der Waals surface area contributed by atoms with E-state index in [1.165, 1.54) is 6.42 Å². The zero-order chi connectivity index (χ0) is 10.7. The number of piperidine rings is 1. The number of hydrogen-bond acceptors (Lipinski definition) is 2. The van der Waals surface area contributed by atoms with E-state index in [9.17, 15) is 4.79 Å². The summed E-state index contributed by atoms with van der Waals surface area (Å²) in [6, 6.07) is 0.443. The standard InChI is InChI=1S/C11H20N2O2/c1-10-9-15-8-7-13(10)11(14)12-5-3-2-4-6-12/h10H,2-9H2,1H3/t10-/m1/s1. The van der Waals surface area contributed by atoms with E-state index in [4.69, 9.17) is 4.74 Å². The van der Waals surface area contributed by atoms with Crippen molar-refractivity contribution in [3.8, 4) is 0 Å². The summed E-state index contributed by atoms with van der Waals surface area (Å²) in [5.74, 6) is 0. The van der Waals surface area contributed by atoms with Crippen molar-refractivity contribution in [1.29, 1.82) is 0 Å². The van der Waals surface area contributed by atoms with Gasteiger partial charge in [-0.05, 0) is 26.2 Å². The highest BCUT2D eigenvalue weighted by Crippen LogP contribution is 2.14. The van der Waals surface area contributed by atoms with Gasteiger partial charge in [-0.3, -0.25) is 0 Å². The minimum atomic E-state index is 0.213. The largest absolute Gasteiger partial charge is 0.377 e. The molecule has 86 valence electrons. The van der Waals surface area contributed by atoms with Crippen molar-refractivity contribution in [2.75, 3.05) is 32.8 Å². The van der Waals surface area contributed by atoms with E-state index in [0.29, 0.717) is 13.2 Å². The monoisotopic (exact) mass is 212 g/mol. The zero-order valence-electron chi connectivity index (χ0n) is 9.45. The zero-order valence-corrected chi connectivity index (χ0v) is 9.45. The van der Waals surface area contributed by atoms with Gasteiger partial charge < -0.3 is 14.5 Å². The molecule has 2 fully saturated rings. The Kier molecular flexibility index (Phi) is 3.46. The highest BCUT2D eigenvalue weighted by atomic mass is 16.5. The van der Waals surface area contributed by atoms with Crippen LogP contribution in [-0.4, -0.2) is 54.7 Å². The summed E-state index contributed by atoms with van der Waals surface area (Å²) in [6.45, 7) is 6.03. The summed E-state index contributed by atoms with van der Waals surface area (Å²) >= 11 is 0. The quantitative estimate of drug-likeness (QED) is 0.606. The minimum Gasteiger partial charge on any atom is -0.377 e. The van der Waals surface area contributed by atoms with E-state index in [2.05, 4.69) is 6.92 Å². The van der Waals surface area contributed by atoms with Crippen molar-refractivity contribution in [3.05, 3.63) is 0 Å². The molecule has 0 bridgehead atoms. The Bertz CT molecular complexity index is 227. The number of hydrogen-bond donors (Lipinski definition) is 0. The molecule has 2 amide bonds. The molecule has 0 aromatic rings. The molecule has 2 heterocycles. The van der Waals surface area contributed by atoms with E-state index in [1.807, 2.05) is 9.80 Å². The molecule has 2 saturated heterocycles. The molecule has 0 aromatic heterocycles. The van der Waals surface area contributed by atoms with Crippen molar-refractivity contribution in [1.82, 2.24) is 9.80 Å². The fourth-order valence-electron chi connectivity index (χ4n) is 2.28. The molecule has 15 heavy (non-hydrogen) atoms. The molecular formula is C11H20N2O2. The molecule has 2 rings (SSSR count). The summed E-state index contributed by atoms with van der Waals surface area (Å²) in [4.78, 5) is 16.1. The van der Waals surface area contributed by atoms with Gasteiger partial charge in [0.15, 0.2) is 0 Å². The Hall–Kier alpha value is -0.770. The summed E-state index contributed by atoms with van der Waals surface area (Å²) in [6.07, 6.45) is 3.58. The Morgan fingerprint density at radius 1 is 1.20 bits per heavy atom. The van der Waals surface area contributed by atoms with Gasteiger partial charge in [-0.1, -0.05) is 0 Å². The normalized spacial score (nSPS) is 27.9. The van der Waals surface area contributed by atoms with E-state index >= 15 is 0 Å². The van der Waals surface area contributed by atoms with Gasteiger partial charge in [0, 0.05) is 19.6 Å². The molecule has 0 aliphatic carbocycles. The van der Waals surface area contributed by atoms with Crippen LogP contribution in [-0.2, 0) is 4.74 Å². The van der Waals surface area contributed by atoms with Crippen LogP contribution in [0, 0.1) is 0 Å². The van der Waals surface area contributed by atoms with Crippen LogP contribution in [0.25, 0.3) is 0 Å². The first-order chi connectivity index (χ1) is 7.29. The van der Waals surface area contributed by atoms with Gasteiger partial charge in [0.1, 0.15) is 0 Å². The SMILES string of the molecule is C[C@@H]1COCCN1C(=O)N1CCCCC1. The number of morpholine rings is 1. The van der Waals surface area contributed by atoms with Gasteiger partial charge in [0.25, 0.3) is 0 Å². The summed E-state index contributed by atoms with van der Waals surface area (Å²) < 4.78 is 5.34. The highest BCUT2D eigenvalue weighted by Gasteiger charge is 2.28. The molecule has 0 radical (unpaired) electrons. The van der Waals surface area contributed by atoms with Gasteiger partial charge in [0.2, 0.25) is 0 Å². The van der Waals surface area contributed by atoms with Crippen LogP contribution in [0.4, 0.5) is 4.79 Å². The number of urea groups is 1. The molecule has 0 spiro atoms. The van der Waals surface area contributed by atoms with Gasteiger partial charge in [-0.15, -0.1) is 0 Å². The lowest BCUT2D eigenvalue weighted by molar-refractivity contribution is 0.00911. The van der Waals surface area contributed by atoms with E-state index in [0.717, 1.165) is 32.5 Å². The molecule has 0 unspecified atom stereocenters. The Morgan fingerprint density at radius 3 is 2.60 bits per heavy atom. The number of nitrogens with zero attached hydrogens (tertiary/aromatic N) is 2. The fraction of sp³-hybridized carbons (Fsp3) is 0.909. The lowest BCUT2D eigenvalue weighted by Crippen LogP contribution is -2.53. The van der Waals surface area contributed by atoms with Crippen LogP contribution in [0.5, 0.6) is 0 Å². The maximum Gasteiger partial charge on any atom is 0.320 e. The van der Waals surface area contributed by atoms with Crippen molar-refractivity contribution in [2.45, 2.75) is 32.2 Å². The first-order valence-corrected chi connectivity index (χ1v) is 5.92. The molecule has 0 saturated carbocycles. The predicted octanol–water partition coefficient (Wildman–Crippen LogP) is 1.31. The van der Waals surface area contributed by atoms with Crippen LogP contribution in [0.3, 0.4) is 0 Å². The maximum atomic E-state index is 12.2. The molecular weight excluding hydrogens is 192 g/mol. The topological polar surface area (TPSA) is 32.8 Å². The second kappa shape index (κ2) is 4.84. The van der Waals surface area contributed by atoms with Gasteiger partial charge in [-0.2, -0.15) is 0 Å². The van der Waals surface area contributed by atoms with Crippen LogP contribution in [0.15, 0.2) is 0 Å². The number of amides is 2. The summed E-state index contributed by atoms with van der Waals surface area (Å²) in [5.41, 5.74) is 0. The third-order valence-electron chi connectivity index (χ3n) is 3.24. The molecule has 2 aliphatic heterocycles. The number of carbonyl (C=O) groups is 1. The number of rotatable bonds is 0. The number of likely N-dealkylation sites (tertiary alicyclic amines) is 1. The van der Waals surface area contributed by atoms with E-state index in [1.54, 1.807) is 0 Å². The molecule has 4 nitrogen and oxygen atoms in total. The molecule has 0 N–H and O–H groups in total. The van der Waals surface area contributed by atoms with Gasteiger partial charge in [0.05, 0.1) is 19.3 Å². The molecule has 2 aliphatic rings. The second-order valence-corrected chi connectivity index (χ2v) is 4.45. The fourth-order valence-corrected chi connectivity index (χ4v) is 2.28. The molecule has 4 heteroatoms. The van der Waals surface area contributed by atoms with Gasteiger partial charge in [-0.25, -0.2) is 4.79 Å². The van der Waals surface area contributed by atoms with Crippen LogP contribution >= 0.6 is 0 Å². The van der Waals surface area contributed by atoms with Crippen LogP contribution in [0.1, 0.15) is 26.2 Å². The molecule has 1 atom stereocenters.